The standard InChI is InChI=1S/C16H25N3/c1-7-8-19(6)16-15(11-17-10-12(2)3)13(4)9-14(5)18-16/h1,9,12,17H,8,10-11H2,2-6H3. The van der Waals surface area contributed by atoms with Crippen LogP contribution in [0.2, 0.25) is 0 Å². The number of hydrogen-bond acceptors (Lipinski definition) is 3. The molecule has 0 aliphatic heterocycles. The summed E-state index contributed by atoms with van der Waals surface area (Å²) >= 11 is 0. The van der Waals surface area contributed by atoms with Gasteiger partial charge < -0.3 is 10.2 Å². The highest BCUT2D eigenvalue weighted by atomic mass is 15.2. The second-order valence-electron chi connectivity index (χ2n) is 5.47. The maximum absolute atomic E-state index is 5.40. The van der Waals surface area contributed by atoms with Crippen LogP contribution in [0.5, 0.6) is 0 Å². The molecule has 1 aromatic rings. The van der Waals surface area contributed by atoms with Crippen molar-refractivity contribution in [1.82, 2.24) is 10.3 Å². The number of aromatic nitrogens is 1. The molecule has 0 aliphatic rings. The molecule has 1 heterocycles. The van der Waals surface area contributed by atoms with E-state index in [1.54, 1.807) is 0 Å². The molecule has 1 aromatic heterocycles. The van der Waals surface area contributed by atoms with Gasteiger partial charge in [0, 0.05) is 24.8 Å². The van der Waals surface area contributed by atoms with E-state index in [1.165, 1.54) is 11.1 Å². The molecule has 0 unspecified atom stereocenters. The summed E-state index contributed by atoms with van der Waals surface area (Å²) in [5.74, 6) is 4.31. The summed E-state index contributed by atoms with van der Waals surface area (Å²) in [6.07, 6.45) is 5.40. The Hall–Kier alpha value is -1.53. The van der Waals surface area contributed by atoms with Gasteiger partial charge in [0.05, 0.1) is 6.54 Å². The van der Waals surface area contributed by atoms with Crippen molar-refractivity contribution in [2.45, 2.75) is 34.2 Å². The Balaban J connectivity index is 2.96. The Morgan fingerprint density at radius 3 is 2.68 bits per heavy atom. The summed E-state index contributed by atoms with van der Waals surface area (Å²) in [6, 6.07) is 2.12. The minimum atomic E-state index is 0.576. The highest BCUT2D eigenvalue weighted by Crippen LogP contribution is 2.21. The predicted molar refractivity (Wildman–Crippen MR) is 82.4 cm³/mol. The van der Waals surface area contributed by atoms with Crippen LogP contribution in [0, 0.1) is 32.1 Å². The van der Waals surface area contributed by atoms with E-state index < -0.39 is 0 Å². The minimum absolute atomic E-state index is 0.576. The number of hydrogen-bond donors (Lipinski definition) is 1. The fourth-order valence-electron chi connectivity index (χ4n) is 2.08. The van der Waals surface area contributed by atoms with E-state index in [1.807, 2.05) is 18.9 Å². The molecule has 0 fully saturated rings. The molecule has 0 aliphatic carbocycles. The number of aryl methyl sites for hydroxylation is 2. The molecule has 0 amide bonds. The molecular formula is C16H25N3. The van der Waals surface area contributed by atoms with E-state index >= 15 is 0 Å². The number of rotatable bonds is 6. The summed E-state index contributed by atoms with van der Waals surface area (Å²) in [5.41, 5.74) is 3.54. The molecule has 3 nitrogen and oxygen atoms in total. The van der Waals surface area contributed by atoms with Crippen molar-refractivity contribution in [2.75, 3.05) is 25.0 Å². The first-order valence-corrected chi connectivity index (χ1v) is 6.78. The van der Waals surface area contributed by atoms with E-state index in [-0.39, 0.29) is 0 Å². The fraction of sp³-hybridized carbons (Fsp3) is 0.562. The Kier molecular flexibility index (Phi) is 5.85. The molecule has 0 aromatic carbocycles. The Bertz CT molecular complexity index is 458. The predicted octanol–water partition coefficient (Wildman–Crippen LogP) is 2.51. The van der Waals surface area contributed by atoms with E-state index in [0.29, 0.717) is 12.5 Å². The Morgan fingerprint density at radius 2 is 2.11 bits per heavy atom. The first-order chi connectivity index (χ1) is 8.95. The number of terminal acetylenes is 1. The van der Waals surface area contributed by atoms with Gasteiger partial charge in [-0.1, -0.05) is 19.8 Å². The molecule has 3 heteroatoms. The zero-order chi connectivity index (χ0) is 14.4. The van der Waals surface area contributed by atoms with Crippen LogP contribution < -0.4 is 10.2 Å². The lowest BCUT2D eigenvalue weighted by Crippen LogP contribution is -2.25. The molecular weight excluding hydrogens is 234 g/mol. The maximum Gasteiger partial charge on any atom is 0.134 e. The zero-order valence-corrected chi connectivity index (χ0v) is 12.7. The Morgan fingerprint density at radius 1 is 1.42 bits per heavy atom. The van der Waals surface area contributed by atoms with Crippen molar-refractivity contribution in [3.63, 3.8) is 0 Å². The van der Waals surface area contributed by atoms with Crippen LogP contribution >= 0.6 is 0 Å². The minimum Gasteiger partial charge on any atom is -0.348 e. The highest BCUT2D eigenvalue weighted by Gasteiger charge is 2.12. The number of nitrogens with one attached hydrogen (secondary N) is 1. The molecule has 1 rings (SSSR count). The fourth-order valence-corrected chi connectivity index (χ4v) is 2.08. The summed E-state index contributed by atoms with van der Waals surface area (Å²) in [5, 5.41) is 3.48. The lowest BCUT2D eigenvalue weighted by Gasteiger charge is -2.22. The Labute approximate surface area is 117 Å². The normalized spacial score (nSPS) is 10.6. The molecule has 1 N–H and O–H groups in total. The van der Waals surface area contributed by atoms with Crippen molar-refractivity contribution < 1.29 is 0 Å². The van der Waals surface area contributed by atoms with Gasteiger partial charge in [-0.05, 0) is 37.9 Å². The van der Waals surface area contributed by atoms with Crippen LogP contribution in [0.25, 0.3) is 0 Å². The van der Waals surface area contributed by atoms with Crippen molar-refractivity contribution in [3.05, 3.63) is 22.9 Å². The average molecular weight is 259 g/mol. The average Bonchev–Trinajstić information content (AvgIpc) is 2.31. The van der Waals surface area contributed by atoms with Crippen LogP contribution in [-0.4, -0.2) is 25.1 Å². The topological polar surface area (TPSA) is 28.2 Å². The summed E-state index contributed by atoms with van der Waals surface area (Å²) in [6.45, 7) is 11.0. The van der Waals surface area contributed by atoms with Gasteiger partial charge in [0.25, 0.3) is 0 Å². The second kappa shape index (κ2) is 7.16. The lowest BCUT2D eigenvalue weighted by atomic mass is 10.1. The highest BCUT2D eigenvalue weighted by molar-refractivity contribution is 5.51. The zero-order valence-electron chi connectivity index (χ0n) is 12.7. The van der Waals surface area contributed by atoms with E-state index in [2.05, 4.69) is 43.1 Å². The first kappa shape index (κ1) is 15.5. The summed E-state index contributed by atoms with van der Waals surface area (Å²) in [7, 11) is 1.99. The lowest BCUT2D eigenvalue weighted by molar-refractivity contribution is 0.551. The first-order valence-electron chi connectivity index (χ1n) is 6.78. The quantitative estimate of drug-likeness (QED) is 0.796. The molecule has 0 bridgehead atoms. The van der Waals surface area contributed by atoms with Crippen molar-refractivity contribution in [3.8, 4) is 12.3 Å². The van der Waals surface area contributed by atoms with Gasteiger partial charge in [-0.15, -0.1) is 6.42 Å². The third kappa shape index (κ3) is 4.57. The molecule has 19 heavy (non-hydrogen) atoms. The largest absolute Gasteiger partial charge is 0.348 e. The monoisotopic (exact) mass is 259 g/mol. The second-order valence-corrected chi connectivity index (χ2v) is 5.47. The van der Waals surface area contributed by atoms with E-state index in [0.717, 1.165) is 24.6 Å². The molecule has 0 saturated carbocycles. The number of nitrogens with zero attached hydrogens (tertiary/aromatic N) is 2. The van der Waals surface area contributed by atoms with Gasteiger partial charge in [-0.2, -0.15) is 0 Å². The smallest absolute Gasteiger partial charge is 0.134 e. The number of anilines is 1. The van der Waals surface area contributed by atoms with Gasteiger partial charge in [0.15, 0.2) is 0 Å². The van der Waals surface area contributed by atoms with Crippen LogP contribution in [0.15, 0.2) is 6.07 Å². The molecule has 0 spiro atoms. The molecule has 0 saturated heterocycles. The third-order valence-electron chi connectivity index (χ3n) is 3.00. The van der Waals surface area contributed by atoms with Crippen molar-refractivity contribution in [1.29, 1.82) is 0 Å². The third-order valence-corrected chi connectivity index (χ3v) is 3.00. The molecule has 0 radical (unpaired) electrons. The van der Waals surface area contributed by atoms with Gasteiger partial charge in [-0.25, -0.2) is 4.98 Å². The summed E-state index contributed by atoms with van der Waals surface area (Å²) in [4.78, 5) is 6.67. The number of pyridine rings is 1. The van der Waals surface area contributed by atoms with Crippen molar-refractivity contribution in [2.24, 2.45) is 5.92 Å². The molecule has 104 valence electrons. The van der Waals surface area contributed by atoms with E-state index in [4.69, 9.17) is 6.42 Å². The van der Waals surface area contributed by atoms with Gasteiger partial charge in [0.1, 0.15) is 5.82 Å². The van der Waals surface area contributed by atoms with Gasteiger partial charge in [0.2, 0.25) is 0 Å². The van der Waals surface area contributed by atoms with Crippen molar-refractivity contribution >= 4 is 5.82 Å². The van der Waals surface area contributed by atoms with Gasteiger partial charge >= 0.3 is 0 Å². The van der Waals surface area contributed by atoms with Crippen LogP contribution in [0.4, 0.5) is 5.82 Å². The van der Waals surface area contributed by atoms with Crippen LogP contribution in [0.1, 0.15) is 30.7 Å². The molecule has 0 atom stereocenters. The van der Waals surface area contributed by atoms with E-state index in [9.17, 15) is 0 Å². The SMILES string of the molecule is C#CCN(C)c1nc(C)cc(C)c1CNCC(C)C. The van der Waals surface area contributed by atoms with Crippen LogP contribution in [0.3, 0.4) is 0 Å². The maximum atomic E-state index is 5.40. The summed E-state index contributed by atoms with van der Waals surface area (Å²) < 4.78 is 0. The van der Waals surface area contributed by atoms with Crippen LogP contribution in [-0.2, 0) is 6.54 Å². The van der Waals surface area contributed by atoms with Gasteiger partial charge in [-0.3, -0.25) is 0 Å².